The van der Waals surface area contributed by atoms with Crippen LogP contribution in [-0.4, -0.2) is 5.84 Å². The van der Waals surface area contributed by atoms with Crippen LogP contribution in [0.2, 0.25) is 0 Å². The highest BCUT2D eigenvalue weighted by Gasteiger charge is 2.28. The lowest BCUT2D eigenvalue weighted by Gasteiger charge is -2.32. The molecule has 0 amide bonds. The Labute approximate surface area is 295 Å². The molecule has 0 saturated carbocycles. The van der Waals surface area contributed by atoms with Crippen molar-refractivity contribution < 1.29 is 4.42 Å². The molecule has 0 radical (unpaired) electrons. The zero-order chi connectivity index (χ0) is 33.7. The number of hydrogen-bond donors (Lipinski definition) is 2. The number of para-hydroxylation sites is 1. The second-order valence-electron chi connectivity index (χ2n) is 13.2. The normalized spacial score (nSPS) is 16.0. The standard InChI is InChI=1S/C47H33N3O/c1-3-11-30(12-4-1)31-21-26-35(27-22-31)46-48-45(34-14-5-2-6-15-34)49-47(50-46)40-19-10-20-42-43(40)39-18-9-17-38(44(39)51-42)36-28-25-33-24-23-32-13-7-8-16-37(32)41(33)29-36/h1-29,45,47,49H,(H,48,50). The van der Waals surface area contributed by atoms with Gasteiger partial charge in [0.05, 0.1) is 0 Å². The second kappa shape index (κ2) is 12.1. The van der Waals surface area contributed by atoms with Crippen molar-refractivity contribution in [1.29, 1.82) is 0 Å². The van der Waals surface area contributed by atoms with E-state index >= 15 is 0 Å². The minimum atomic E-state index is -0.238. The molecule has 242 valence electrons. The van der Waals surface area contributed by atoms with Gasteiger partial charge in [0.1, 0.15) is 29.3 Å². The highest BCUT2D eigenvalue weighted by molar-refractivity contribution is 6.13. The van der Waals surface area contributed by atoms with Crippen molar-refractivity contribution in [2.24, 2.45) is 4.99 Å². The molecule has 0 aliphatic carbocycles. The molecule has 1 aliphatic rings. The lowest BCUT2D eigenvalue weighted by atomic mass is 9.95. The quantitative estimate of drug-likeness (QED) is 0.181. The van der Waals surface area contributed by atoms with E-state index in [4.69, 9.17) is 9.41 Å². The van der Waals surface area contributed by atoms with Crippen molar-refractivity contribution in [2.45, 2.75) is 12.3 Å². The molecule has 0 fully saturated rings. The van der Waals surface area contributed by atoms with Crippen LogP contribution >= 0.6 is 0 Å². The predicted molar refractivity (Wildman–Crippen MR) is 211 cm³/mol. The van der Waals surface area contributed by atoms with E-state index in [9.17, 15) is 0 Å². The maximum absolute atomic E-state index is 6.76. The number of nitrogens with one attached hydrogen (secondary N) is 2. The monoisotopic (exact) mass is 655 g/mol. The molecule has 2 N–H and O–H groups in total. The summed E-state index contributed by atoms with van der Waals surface area (Å²) in [4.78, 5) is 5.20. The first-order chi connectivity index (χ1) is 25.3. The second-order valence-corrected chi connectivity index (χ2v) is 13.2. The van der Waals surface area contributed by atoms with Gasteiger partial charge in [-0.3, -0.25) is 5.32 Å². The number of nitrogens with zero attached hydrogens (tertiary/aromatic N) is 1. The maximum atomic E-state index is 6.76. The molecule has 4 nitrogen and oxygen atoms in total. The summed E-state index contributed by atoms with van der Waals surface area (Å²) < 4.78 is 6.76. The number of benzene rings is 8. The number of aliphatic imine (C=N–C) groups is 1. The fraction of sp³-hybridized carbons (Fsp3) is 0.0426. The first-order valence-corrected chi connectivity index (χ1v) is 17.4. The van der Waals surface area contributed by atoms with Gasteiger partial charge in [-0.1, -0.05) is 164 Å². The van der Waals surface area contributed by atoms with Crippen LogP contribution < -0.4 is 10.6 Å². The first kappa shape index (κ1) is 29.4. The van der Waals surface area contributed by atoms with Gasteiger partial charge in [0, 0.05) is 27.5 Å². The van der Waals surface area contributed by atoms with Crippen LogP contribution in [0.25, 0.3) is 65.7 Å². The minimum absolute atomic E-state index is 0.225. The molecule has 1 aliphatic heterocycles. The van der Waals surface area contributed by atoms with Gasteiger partial charge in [-0.05, 0) is 55.9 Å². The highest BCUT2D eigenvalue weighted by atomic mass is 16.3. The molecule has 9 aromatic rings. The summed E-state index contributed by atoms with van der Waals surface area (Å²) in [5, 5.41) is 14.7. The molecule has 51 heavy (non-hydrogen) atoms. The van der Waals surface area contributed by atoms with Crippen molar-refractivity contribution in [1.82, 2.24) is 10.6 Å². The van der Waals surface area contributed by atoms with Gasteiger partial charge in [0.25, 0.3) is 0 Å². The zero-order valence-corrected chi connectivity index (χ0v) is 27.8. The van der Waals surface area contributed by atoms with E-state index in [-0.39, 0.29) is 12.3 Å². The van der Waals surface area contributed by atoms with Gasteiger partial charge in [-0.2, -0.15) is 0 Å². The average molecular weight is 656 g/mol. The van der Waals surface area contributed by atoms with Crippen LogP contribution in [0, 0.1) is 0 Å². The number of hydrogen-bond acceptors (Lipinski definition) is 4. The Hall–Kier alpha value is -6.49. The van der Waals surface area contributed by atoms with E-state index in [0.29, 0.717) is 0 Å². The van der Waals surface area contributed by atoms with Crippen LogP contribution in [0.4, 0.5) is 0 Å². The SMILES string of the molecule is c1ccc(-c2ccc(C3=NC(c4ccccc4)NC(c4cccc5oc6c(-c7ccc8ccc9ccccc9c8c7)cccc6c45)N3)cc2)cc1. The zero-order valence-electron chi connectivity index (χ0n) is 27.8. The Morgan fingerprint density at radius 3 is 1.98 bits per heavy atom. The minimum Gasteiger partial charge on any atom is -0.455 e. The molecule has 10 rings (SSSR count). The Morgan fingerprint density at radius 1 is 0.490 bits per heavy atom. The van der Waals surface area contributed by atoms with E-state index in [1.54, 1.807) is 0 Å². The van der Waals surface area contributed by atoms with Gasteiger partial charge in [0.15, 0.2) is 0 Å². The lowest BCUT2D eigenvalue weighted by molar-refractivity contribution is 0.411. The van der Waals surface area contributed by atoms with E-state index in [0.717, 1.165) is 55.6 Å². The molecular weight excluding hydrogens is 623 g/mol. The molecule has 2 heterocycles. The van der Waals surface area contributed by atoms with E-state index in [2.05, 4.69) is 174 Å². The predicted octanol–water partition coefficient (Wildman–Crippen LogP) is 11.6. The fourth-order valence-electron chi connectivity index (χ4n) is 7.64. The van der Waals surface area contributed by atoms with Crippen molar-refractivity contribution in [3.63, 3.8) is 0 Å². The van der Waals surface area contributed by atoms with Gasteiger partial charge < -0.3 is 9.73 Å². The molecule has 2 atom stereocenters. The van der Waals surface area contributed by atoms with Crippen molar-refractivity contribution in [2.75, 3.05) is 0 Å². The third-order valence-corrected chi connectivity index (χ3v) is 10.2. The van der Waals surface area contributed by atoms with Gasteiger partial charge in [-0.15, -0.1) is 0 Å². The van der Waals surface area contributed by atoms with Gasteiger partial charge in [-0.25, -0.2) is 4.99 Å². The summed E-state index contributed by atoms with van der Waals surface area (Å²) in [6.07, 6.45) is -0.464. The Balaban J connectivity index is 1.08. The number of fused-ring (bicyclic) bond motifs is 6. The summed E-state index contributed by atoms with van der Waals surface area (Å²) in [5.41, 5.74) is 9.60. The largest absolute Gasteiger partial charge is 0.455 e. The van der Waals surface area contributed by atoms with Crippen molar-refractivity contribution in [3.05, 3.63) is 193 Å². The highest BCUT2D eigenvalue weighted by Crippen LogP contribution is 2.40. The molecule has 0 saturated heterocycles. The first-order valence-electron chi connectivity index (χ1n) is 17.4. The molecule has 0 spiro atoms. The van der Waals surface area contributed by atoms with Crippen LogP contribution in [-0.2, 0) is 0 Å². The number of rotatable bonds is 5. The molecular formula is C47H33N3O. The molecule has 2 unspecified atom stereocenters. The molecule has 8 aromatic carbocycles. The van der Waals surface area contributed by atoms with Crippen LogP contribution in [0.3, 0.4) is 0 Å². The lowest BCUT2D eigenvalue weighted by Crippen LogP contribution is -2.45. The fourth-order valence-corrected chi connectivity index (χ4v) is 7.64. The van der Waals surface area contributed by atoms with Crippen LogP contribution in [0.1, 0.15) is 29.0 Å². The molecule has 4 heteroatoms. The third-order valence-electron chi connectivity index (χ3n) is 10.2. The van der Waals surface area contributed by atoms with Gasteiger partial charge >= 0.3 is 0 Å². The van der Waals surface area contributed by atoms with Crippen LogP contribution in [0.5, 0.6) is 0 Å². The number of amidine groups is 1. The third kappa shape index (κ3) is 5.16. The Kier molecular flexibility index (Phi) is 7.00. The Morgan fingerprint density at radius 2 is 1.14 bits per heavy atom. The topological polar surface area (TPSA) is 49.6 Å². The smallest absolute Gasteiger partial charge is 0.143 e. The summed E-state index contributed by atoms with van der Waals surface area (Å²) in [5.74, 6) is 0.848. The van der Waals surface area contributed by atoms with Crippen molar-refractivity contribution >= 4 is 49.3 Å². The number of furan rings is 1. The summed E-state index contributed by atoms with van der Waals surface area (Å²) in [6, 6.07) is 62.2. The average Bonchev–Trinajstić information content (AvgIpc) is 3.60. The molecule has 1 aromatic heterocycles. The maximum Gasteiger partial charge on any atom is 0.143 e. The van der Waals surface area contributed by atoms with E-state index in [1.165, 1.54) is 32.7 Å². The van der Waals surface area contributed by atoms with E-state index in [1.807, 2.05) is 12.1 Å². The summed E-state index contributed by atoms with van der Waals surface area (Å²) in [6.45, 7) is 0. The van der Waals surface area contributed by atoms with E-state index < -0.39 is 0 Å². The van der Waals surface area contributed by atoms with Gasteiger partial charge in [0.2, 0.25) is 0 Å². The summed E-state index contributed by atoms with van der Waals surface area (Å²) in [7, 11) is 0. The molecule has 0 bridgehead atoms. The van der Waals surface area contributed by atoms with Crippen LogP contribution in [0.15, 0.2) is 185 Å². The Bertz CT molecular complexity index is 2750. The summed E-state index contributed by atoms with van der Waals surface area (Å²) >= 11 is 0. The van der Waals surface area contributed by atoms with Crippen molar-refractivity contribution in [3.8, 4) is 22.3 Å².